The van der Waals surface area contributed by atoms with E-state index in [1.54, 1.807) is 24.3 Å². The van der Waals surface area contributed by atoms with Crippen molar-refractivity contribution in [3.05, 3.63) is 28.7 Å². The fourth-order valence-electron chi connectivity index (χ4n) is 0.880. The van der Waals surface area contributed by atoms with Crippen molar-refractivity contribution in [3.63, 3.8) is 0 Å². The molecule has 1 unspecified atom stereocenters. The first-order valence-corrected chi connectivity index (χ1v) is 4.63. The van der Waals surface area contributed by atoms with Crippen LogP contribution in [0.2, 0.25) is 0 Å². The van der Waals surface area contributed by atoms with E-state index in [9.17, 15) is 9.59 Å². The predicted molar refractivity (Wildman–Crippen MR) is 55.3 cm³/mol. The Labute approximate surface area is 89.1 Å². The van der Waals surface area contributed by atoms with E-state index in [1.807, 2.05) is 0 Å². The zero-order valence-electron chi connectivity index (χ0n) is 7.11. The number of carboxylic acids is 1. The molecule has 14 heavy (non-hydrogen) atoms. The summed E-state index contributed by atoms with van der Waals surface area (Å²) in [6.07, 6.45) is 0.352. The van der Waals surface area contributed by atoms with Crippen LogP contribution in [0.25, 0.3) is 0 Å². The summed E-state index contributed by atoms with van der Waals surface area (Å²) in [5.41, 5.74) is 0.590. The molecule has 0 aromatic heterocycles. The number of anilines is 1. The van der Waals surface area contributed by atoms with E-state index in [4.69, 9.17) is 5.11 Å². The lowest BCUT2D eigenvalue weighted by Gasteiger charge is -2.09. The van der Waals surface area contributed by atoms with Crippen LogP contribution < -0.4 is 5.32 Å². The molecule has 4 nitrogen and oxygen atoms in total. The van der Waals surface area contributed by atoms with Gasteiger partial charge in [-0.2, -0.15) is 0 Å². The first-order valence-electron chi connectivity index (χ1n) is 3.83. The molecule has 1 rings (SSSR count). The Morgan fingerprint density at radius 3 is 2.43 bits per heavy atom. The number of nitrogens with one attached hydrogen (secondary N) is 1. The molecule has 0 spiro atoms. The number of halogens is 1. The summed E-state index contributed by atoms with van der Waals surface area (Å²) >= 11 is 3.24. The van der Waals surface area contributed by atoms with Gasteiger partial charge in [0.15, 0.2) is 12.3 Å². The van der Waals surface area contributed by atoms with Crippen molar-refractivity contribution in [3.8, 4) is 0 Å². The highest BCUT2D eigenvalue weighted by Crippen LogP contribution is 2.14. The maximum absolute atomic E-state index is 10.5. The lowest BCUT2D eigenvalue weighted by Crippen LogP contribution is -2.30. The third-order valence-electron chi connectivity index (χ3n) is 1.57. The molecule has 1 aromatic rings. The van der Waals surface area contributed by atoms with Crippen LogP contribution in [-0.2, 0) is 9.59 Å². The Morgan fingerprint density at radius 1 is 1.43 bits per heavy atom. The highest BCUT2D eigenvalue weighted by molar-refractivity contribution is 9.10. The molecule has 1 aromatic carbocycles. The smallest absolute Gasteiger partial charge is 0.333 e. The summed E-state index contributed by atoms with van der Waals surface area (Å²) in [6, 6.07) is 5.68. The molecule has 0 aliphatic heterocycles. The van der Waals surface area contributed by atoms with Gasteiger partial charge in [0.2, 0.25) is 0 Å². The molecule has 2 N–H and O–H groups in total. The molecule has 5 heteroatoms. The Balaban J connectivity index is 2.72. The second-order valence-electron chi connectivity index (χ2n) is 2.60. The van der Waals surface area contributed by atoms with Crippen molar-refractivity contribution in [1.82, 2.24) is 0 Å². The zero-order valence-corrected chi connectivity index (χ0v) is 8.69. The average molecular weight is 258 g/mol. The van der Waals surface area contributed by atoms with Crippen LogP contribution in [0.4, 0.5) is 5.69 Å². The molecule has 0 amide bonds. The predicted octanol–water partition coefficient (Wildman–Crippen LogP) is 1.51. The number of carboxylic acid groups (broad SMARTS) is 1. The molecule has 0 aliphatic carbocycles. The van der Waals surface area contributed by atoms with Crippen molar-refractivity contribution < 1.29 is 14.7 Å². The largest absolute Gasteiger partial charge is 0.479 e. The van der Waals surface area contributed by atoms with Crippen molar-refractivity contribution >= 4 is 33.9 Å². The summed E-state index contributed by atoms with van der Waals surface area (Å²) in [7, 11) is 0. The van der Waals surface area contributed by atoms with Crippen LogP contribution >= 0.6 is 15.9 Å². The van der Waals surface area contributed by atoms with E-state index in [2.05, 4.69) is 21.2 Å². The van der Waals surface area contributed by atoms with Gasteiger partial charge in [-0.1, -0.05) is 15.9 Å². The number of rotatable bonds is 4. The van der Waals surface area contributed by atoms with Crippen LogP contribution in [0, 0.1) is 0 Å². The standard InChI is InChI=1S/C9H8BrNO3/c10-6-1-3-7(4-2-6)11-8(5-12)9(13)14/h1-5,8,11H,(H,13,14). The van der Waals surface area contributed by atoms with Crippen molar-refractivity contribution in [2.45, 2.75) is 6.04 Å². The summed E-state index contributed by atoms with van der Waals surface area (Å²) in [6.45, 7) is 0. The van der Waals surface area contributed by atoms with E-state index in [0.29, 0.717) is 12.0 Å². The Kier molecular flexibility index (Phi) is 3.64. The van der Waals surface area contributed by atoms with Gasteiger partial charge in [0, 0.05) is 10.2 Å². The molecule has 0 saturated heterocycles. The van der Waals surface area contributed by atoms with Gasteiger partial charge < -0.3 is 15.2 Å². The van der Waals surface area contributed by atoms with Gasteiger partial charge in [-0.15, -0.1) is 0 Å². The first-order chi connectivity index (χ1) is 6.63. The minimum absolute atomic E-state index is 0.352. The van der Waals surface area contributed by atoms with E-state index in [1.165, 1.54) is 0 Å². The lowest BCUT2D eigenvalue weighted by atomic mass is 10.2. The lowest BCUT2D eigenvalue weighted by molar-refractivity contribution is -0.139. The van der Waals surface area contributed by atoms with Gasteiger partial charge in [-0.05, 0) is 24.3 Å². The summed E-state index contributed by atoms with van der Waals surface area (Å²) in [5.74, 6) is -1.19. The number of aldehydes is 1. The second kappa shape index (κ2) is 4.76. The second-order valence-corrected chi connectivity index (χ2v) is 3.52. The molecular formula is C9H8BrNO3. The molecule has 0 aliphatic rings. The molecule has 74 valence electrons. The van der Waals surface area contributed by atoms with Gasteiger partial charge in [-0.3, -0.25) is 0 Å². The molecule has 0 fully saturated rings. The Bertz CT molecular complexity index is 336. The topological polar surface area (TPSA) is 66.4 Å². The number of benzene rings is 1. The van der Waals surface area contributed by atoms with E-state index in [-0.39, 0.29) is 0 Å². The Morgan fingerprint density at radius 2 is 2.00 bits per heavy atom. The van der Waals surface area contributed by atoms with E-state index in [0.717, 1.165) is 4.47 Å². The van der Waals surface area contributed by atoms with Crippen LogP contribution in [0.5, 0.6) is 0 Å². The minimum atomic E-state index is -1.20. The number of hydrogen-bond donors (Lipinski definition) is 2. The summed E-state index contributed by atoms with van der Waals surface area (Å²) in [5, 5.41) is 11.2. The summed E-state index contributed by atoms with van der Waals surface area (Å²) < 4.78 is 0.890. The fourth-order valence-corrected chi connectivity index (χ4v) is 1.14. The van der Waals surface area contributed by atoms with Gasteiger partial charge in [0.25, 0.3) is 0 Å². The molecule has 1 atom stereocenters. The third-order valence-corrected chi connectivity index (χ3v) is 2.10. The quantitative estimate of drug-likeness (QED) is 0.634. The molecule has 0 saturated carbocycles. The van der Waals surface area contributed by atoms with Crippen LogP contribution in [0.3, 0.4) is 0 Å². The molecular weight excluding hydrogens is 250 g/mol. The SMILES string of the molecule is O=CC(Nc1ccc(Br)cc1)C(=O)O. The van der Waals surface area contributed by atoms with Crippen molar-refractivity contribution in [1.29, 1.82) is 0 Å². The molecule has 0 radical (unpaired) electrons. The number of hydrogen-bond acceptors (Lipinski definition) is 3. The van der Waals surface area contributed by atoms with Gasteiger partial charge in [0.1, 0.15) is 0 Å². The first kappa shape index (κ1) is 10.7. The van der Waals surface area contributed by atoms with Crippen molar-refractivity contribution in [2.24, 2.45) is 0 Å². The van der Waals surface area contributed by atoms with Crippen LogP contribution in [0.1, 0.15) is 0 Å². The number of carbonyl (C=O) groups excluding carboxylic acids is 1. The number of aliphatic carboxylic acids is 1. The third kappa shape index (κ3) is 2.85. The van der Waals surface area contributed by atoms with Crippen LogP contribution in [-0.4, -0.2) is 23.4 Å². The monoisotopic (exact) mass is 257 g/mol. The van der Waals surface area contributed by atoms with E-state index >= 15 is 0 Å². The average Bonchev–Trinajstić information content (AvgIpc) is 2.16. The van der Waals surface area contributed by atoms with Gasteiger partial charge in [-0.25, -0.2) is 4.79 Å². The van der Waals surface area contributed by atoms with Crippen LogP contribution in [0.15, 0.2) is 28.7 Å². The highest BCUT2D eigenvalue weighted by atomic mass is 79.9. The number of carbonyl (C=O) groups is 2. The summed E-state index contributed by atoms with van der Waals surface area (Å²) in [4.78, 5) is 20.9. The zero-order chi connectivity index (χ0) is 10.6. The van der Waals surface area contributed by atoms with Crippen molar-refractivity contribution in [2.75, 3.05) is 5.32 Å². The fraction of sp³-hybridized carbons (Fsp3) is 0.111. The minimum Gasteiger partial charge on any atom is -0.479 e. The maximum atomic E-state index is 10.5. The molecule has 0 heterocycles. The normalized spacial score (nSPS) is 11.8. The van der Waals surface area contributed by atoms with E-state index < -0.39 is 12.0 Å². The maximum Gasteiger partial charge on any atom is 0.333 e. The highest BCUT2D eigenvalue weighted by Gasteiger charge is 2.14. The Hall–Kier alpha value is -1.36. The van der Waals surface area contributed by atoms with Gasteiger partial charge in [0.05, 0.1) is 0 Å². The molecule has 0 bridgehead atoms. The van der Waals surface area contributed by atoms with Gasteiger partial charge >= 0.3 is 5.97 Å².